The highest BCUT2D eigenvalue weighted by Gasteiger charge is 2.23. The minimum atomic E-state index is 0.145. The van der Waals surface area contributed by atoms with E-state index in [0.29, 0.717) is 12.3 Å². The summed E-state index contributed by atoms with van der Waals surface area (Å²) >= 11 is 1.55. The molecular formula is C27H29N3O2S. The van der Waals surface area contributed by atoms with Crippen molar-refractivity contribution in [2.45, 2.75) is 44.9 Å². The molecule has 1 N–H and O–H groups in total. The standard InChI is InChI=1S/C27H29N3O2S/c31-24(25-17-21-8-12-28-18-26(21)33-25)5-3-1-2-4-19-10-14-30(15-11-19)27(32)22-6-7-23-20(16-22)9-13-29-23/h6-9,12-13,16-19,29H,1-5,10-11,14-15H2. The molecule has 1 aliphatic rings. The lowest BCUT2D eigenvalue weighted by atomic mass is 9.90. The van der Waals surface area contributed by atoms with Crippen molar-refractivity contribution in [2.75, 3.05) is 13.1 Å². The Bertz CT molecular complexity index is 1230. The smallest absolute Gasteiger partial charge is 0.253 e. The van der Waals surface area contributed by atoms with Gasteiger partial charge in [-0.1, -0.05) is 19.3 Å². The highest BCUT2D eigenvalue weighted by molar-refractivity contribution is 7.20. The Kier molecular flexibility index (Phi) is 6.53. The van der Waals surface area contributed by atoms with Gasteiger partial charge in [-0.05, 0) is 67.0 Å². The average Bonchev–Trinajstić information content (AvgIpc) is 3.50. The van der Waals surface area contributed by atoms with Gasteiger partial charge in [0.2, 0.25) is 0 Å². The van der Waals surface area contributed by atoms with E-state index in [-0.39, 0.29) is 11.7 Å². The first-order valence-electron chi connectivity index (χ1n) is 11.9. The van der Waals surface area contributed by atoms with Crippen LogP contribution in [-0.2, 0) is 0 Å². The van der Waals surface area contributed by atoms with Gasteiger partial charge in [-0.25, -0.2) is 0 Å². The van der Waals surface area contributed by atoms with Gasteiger partial charge in [0.15, 0.2) is 5.78 Å². The number of H-pyrrole nitrogens is 1. The zero-order valence-electron chi connectivity index (χ0n) is 18.8. The van der Waals surface area contributed by atoms with Gasteiger partial charge in [-0.3, -0.25) is 14.6 Å². The van der Waals surface area contributed by atoms with Gasteiger partial charge in [-0.2, -0.15) is 0 Å². The number of pyridine rings is 1. The number of carbonyl (C=O) groups excluding carboxylic acids is 2. The number of piperidine rings is 1. The molecule has 0 aliphatic carbocycles. The van der Waals surface area contributed by atoms with Crippen LogP contribution in [0.1, 0.15) is 65.0 Å². The van der Waals surface area contributed by atoms with E-state index in [1.807, 2.05) is 53.7 Å². The van der Waals surface area contributed by atoms with E-state index in [1.54, 1.807) is 17.5 Å². The van der Waals surface area contributed by atoms with E-state index in [9.17, 15) is 9.59 Å². The van der Waals surface area contributed by atoms with Gasteiger partial charge in [-0.15, -0.1) is 11.3 Å². The molecule has 3 aromatic heterocycles. The summed E-state index contributed by atoms with van der Waals surface area (Å²) in [7, 11) is 0. The van der Waals surface area contributed by atoms with Crippen LogP contribution in [0, 0.1) is 5.92 Å². The van der Waals surface area contributed by atoms with Crippen molar-refractivity contribution < 1.29 is 9.59 Å². The summed E-state index contributed by atoms with van der Waals surface area (Å²) in [5.74, 6) is 1.08. The Hall–Kier alpha value is -2.99. The van der Waals surface area contributed by atoms with E-state index >= 15 is 0 Å². The Morgan fingerprint density at radius 3 is 2.76 bits per heavy atom. The molecule has 1 amide bonds. The van der Waals surface area contributed by atoms with E-state index in [2.05, 4.69) is 9.97 Å². The zero-order valence-corrected chi connectivity index (χ0v) is 19.6. The molecule has 5 rings (SSSR count). The summed E-state index contributed by atoms with van der Waals surface area (Å²) in [6.45, 7) is 1.68. The molecule has 1 aliphatic heterocycles. The van der Waals surface area contributed by atoms with Crippen LogP contribution in [0.15, 0.2) is 55.0 Å². The average molecular weight is 460 g/mol. The highest BCUT2D eigenvalue weighted by Crippen LogP contribution is 2.27. The molecule has 0 spiro atoms. The minimum absolute atomic E-state index is 0.145. The van der Waals surface area contributed by atoms with Gasteiger partial charge in [0, 0.05) is 54.6 Å². The number of aromatic nitrogens is 2. The van der Waals surface area contributed by atoms with Gasteiger partial charge in [0.25, 0.3) is 5.91 Å². The molecule has 0 saturated carbocycles. The lowest BCUT2D eigenvalue weighted by Crippen LogP contribution is -2.38. The lowest BCUT2D eigenvalue weighted by molar-refractivity contribution is 0.0686. The third-order valence-corrected chi connectivity index (χ3v) is 7.94. The first-order chi connectivity index (χ1) is 16.2. The quantitative estimate of drug-likeness (QED) is 0.243. The molecule has 170 valence electrons. The molecule has 1 aromatic carbocycles. The first-order valence-corrected chi connectivity index (χ1v) is 12.7. The molecule has 33 heavy (non-hydrogen) atoms. The minimum Gasteiger partial charge on any atom is -0.361 e. The lowest BCUT2D eigenvalue weighted by Gasteiger charge is -2.32. The van der Waals surface area contributed by atoms with Crippen LogP contribution in [0.5, 0.6) is 0 Å². The van der Waals surface area contributed by atoms with Crippen LogP contribution in [-0.4, -0.2) is 39.6 Å². The van der Waals surface area contributed by atoms with Crippen molar-refractivity contribution in [1.29, 1.82) is 0 Å². The monoisotopic (exact) mass is 459 g/mol. The SMILES string of the molecule is O=C(CCCCCC1CCN(C(=O)c2ccc3[nH]ccc3c2)CC1)c1cc2ccncc2s1. The number of rotatable bonds is 8. The highest BCUT2D eigenvalue weighted by atomic mass is 32.1. The number of benzene rings is 1. The number of nitrogens with one attached hydrogen (secondary N) is 1. The Morgan fingerprint density at radius 2 is 1.91 bits per heavy atom. The number of hydrogen-bond acceptors (Lipinski definition) is 4. The zero-order chi connectivity index (χ0) is 22.6. The maximum atomic E-state index is 12.9. The van der Waals surface area contributed by atoms with Crippen LogP contribution in [0.25, 0.3) is 21.0 Å². The van der Waals surface area contributed by atoms with Gasteiger partial charge in [0.05, 0.1) is 9.58 Å². The number of aromatic amines is 1. The number of Topliss-reactive ketones (excluding diaryl/α,β-unsaturated/α-hetero) is 1. The van der Waals surface area contributed by atoms with Gasteiger partial charge in [0.1, 0.15) is 0 Å². The number of amides is 1. The van der Waals surface area contributed by atoms with Crippen molar-refractivity contribution in [2.24, 2.45) is 5.92 Å². The molecule has 0 bridgehead atoms. The van der Waals surface area contributed by atoms with E-state index in [0.717, 1.165) is 76.6 Å². The molecule has 6 heteroatoms. The fourth-order valence-corrected chi connectivity index (χ4v) is 5.83. The van der Waals surface area contributed by atoms with Crippen LogP contribution in [0.4, 0.5) is 0 Å². The number of fused-ring (bicyclic) bond motifs is 2. The second-order valence-corrected chi connectivity index (χ2v) is 10.1. The summed E-state index contributed by atoms with van der Waals surface area (Å²) in [6.07, 6.45) is 12.7. The summed E-state index contributed by atoms with van der Waals surface area (Å²) in [5, 5.41) is 2.19. The number of carbonyl (C=O) groups is 2. The van der Waals surface area contributed by atoms with E-state index in [1.165, 1.54) is 6.42 Å². The number of hydrogen-bond donors (Lipinski definition) is 1. The van der Waals surface area contributed by atoms with Crippen LogP contribution < -0.4 is 0 Å². The van der Waals surface area contributed by atoms with Crippen molar-refractivity contribution in [1.82, 2.24) is 14.9 Å². The Labute approximate surface area is 197 Å². The summed E-state index contributed by atoms with van der Waals surface area (Å²) in [6, 6.07) is 11.9. The van der Waals surface area contributed by atoms with Crippen LogP contribution >= 0.6 is 11.3 Å². The number of ketones is 1. The fourth-order valence-electron chi connectivity index (χ4n) is 4.83. The second-order valence-electron chi connectivity index (χ2n) is 9.06. The number of thiophene rings is 1. The summed E-state index contributed by atoms with van der Waals surface area (Å²) in [5.41, 5.74) is 1.84. The molecule has 0 unspecified atom stereocenters. The first kappa shape index (κ1) is 21.8. The third-order valence-electron chi connectivity index (χ3n) is 6.82. The van der Waals surface area contributed by atoms with E-state index < -0.39 is 0 Å². The molecule has 4 heterocycles. The van der Waals surface area contributed by atoms with Crippen molar-refractivity contribution in [3.8, 4) is 0 Å². The molecule has 0 atom stereocenters. The number of nitrogens with zero attached hydrogens (tertiary/aromatic N) is 2. The molecule has 5 nitrogen and oxygen atoms in total. The van der Waals surface area contributed by atoms with Gasteiger partial charge < -0.3 is 9.88 Å². The topological polar surface area (TPSA) is 66.1 Å². The third kappa shape index (κ3) is 5.01. The predicted molar refractivity (Wildman–Crippen MR) is 134 cm³/mol. The molecule has 1 fully saturated rings. The Balaban J connectivity index is 1.01. The summed E-state index contributed by atoms with van der Waals surface area (Å²) < 4.78 is 1.08. The predicted octanol–water partition coefficient (Wildman–Crippen LogP) is 6.46. The van der Waals surface area contributed by atoms with Crippen molar-refractivity contribution in [3.05, 3.63) is 65.4 Å². The summed E-state index contributed by atoms with van der Waals surface area (Å²) in [4.78, 5) is 35.6. The molecule has 1 saturated heterocycles. The second kappa shape index (κ2) is 9.87. The number of likely N-dealkylation sites (tertiary alicyclic amines) is 1. The van der Waals surface area contributed by atoms with Crippen molar-refractivity contribution >= 4 is 44.0 Å². The van der Waals surface area contributed by atoms with Crippen LogP contribution in [0.3, 0.4) is 0 Å². The van der Waals surface area contributed by atoms with E-state index in [4.69, 9.17) is 0 Å². The molecular weight excluding hydrogens is 430 g/mol. The fraction of sp³-hybridized carbons (Fsp3) is 0.370. The normalized spacial score (nSPS) is 14.8. The maximum absolute atomic E-state index is 12.9. The Morgan fingerprint density at radius 1 is 1.03 bits per heavy atom. The molecule has 0 radical (unpaired) electrons. The van der Waals surface area contributed by atoms with Gasteiger partial charge >= 0.3 is 0 Å². The molecule has 4 aromatic rings. The van der Waals surface area contributed by atoms with Crippen molar-refractivity contribution in [3.63, 3.8) is 0 Å². The van der Waals surface area contributed by atoms with Crippen LogP contribution in [0.2, 0.25) is 0 Å². The maximum Gasteiger partial charge on any atom is 0.253 e. The number of unbranched alkanes of at least 4 members (excludes halogenated alkanes) is 2. The largest absolute Gasteiger partial charge is 0.361 e.